The Labute approximate surface area is 634 Å². The Morgan fingerprint density at radius 2 is 0.890 bits per heavy atom. The van der Waals surface area contributed by atoms with Crippen LogP contribution >= 0.6 is 12.6 Å². The lowest BCUT2D eigenvalue weighted by Crippen LogP contribution is -2.63. The molecule has 0 saturated heterocycles. The molecule has 3 heterocycles. The van der Waals surface area contributed by atoms with Gasteiger partial charge in [-0.2, -0.15) is 21.0 Å². The summed E-state index contributed by atoms with van der Waals surface area (Å²) < 4.78 is 33.2. The smallest absolute Gasteiger partial charge is 0.266 e. The fourth-order valence-electron chi connectivity index (χ4n) is 11.8. The van der Waals surface area contributed by atoms with Gasteiger partial charge in [-0.05, 0) is 73.7 Å². The van der Waals surface area contributed by atoms with Gasteiger partial charge >= 0.3 is 0 Å². The van der Waals surface area contributed by atoms with Crippen LogP contribution in [0.1, 0.15) is 79.6 Å². The summed E-state index contributed by atoms with van der Waals surface area (Å²) in [6.45, 7) is 1.26. The Balaban J connectivity index is 1.14. The minimum Gasteiger partial charge on any atom is -0.394 e. The van der Waals surface area contributed by atoms with E-state index in [1.807, 2.05) is 0 Å². The number of aliphatic hydroxyl groups is 3. The summed E-state index contributed by atoms with van der Waals surface area (Å²) in [5, 5.41) is 58.7. The predicted molar refractivity (Wildman–Crippen MR) is 402 cm³/mol. The molecule has 586 valence electrons. The van der Waals surface area contributed by atoms with E-state index in [1.165, 1.54) is 25.0 Å². The summed E-state index contributed by atoms with van der Waals surface area (Å²) in [5.74, 6) is -11.6. The minimum absolute atomic E-state index is 0.0469. The van der Waals surface area contributed by atoms with Crippen LogP contribution < -0.4 is 64.6 Å². The van der Waals surface area contributed by atoms with E-state index in [-0.39, 0.29) is 70.1 Å². The highest BCUT2D eigenvalue weighted by atomic mass is 32.2. The topological polar surface area (TPSA) is 548 Å². The summed E-state index contributed by atoms with van der Waals surface area (Å²) in [4.78, 5) is 175. The summed E-state index contributed by atoms with van der Waals surface area (Å²) in [6.07, 6.45) is 2.70. The highest BCUT2D eigenvalue weighted by molar-refractivity contribution is 7.85. The molecular formula is C73H95N17O17S2. The molecule has 0 bridgehead atoms. The Kier molecular flexibility index (Phi) is 33.5. The van der Waals surface area contributed by atoms with Crippen molar-refractivity contribution in [2.45, 2.75) is 163 Å². The number of thiol groups is 1. The standard InChI is InChI=1S/C73H95N17O17S2/c1-42(92)62(72(103)87-58(30-46-20-10-5-11-21-46)70(101)90-63(43(2)93)73(104)88-61(38-91)71(102)81-50(39-109(105,106)107)32-51(94)25-27-108)89-65(96)55(24-14-15-26-74)82-68(99)59(31-47-35-78-54-23-13-12-22-52(47)54)86-67(98)57(29-45-18-8-4-9-19-45)84-66(97)56(28-44-16-6-3-7-17-44)85-69(100)60(34-49-37-77-41-80-49)83-64(95)53(75)33-48-36-76-40-79-48/h3-13,16-23,35-37,40-43,50,53,55-63,78,91-93,108H,14-15,24-34,38-39,74-75H2,1-2H3,(H,76,79)(H,77,80)(H,81,102)(H,82,99)(H,83,95)(H,84,97)(H,85,100)(H,86,98)(H,87,103)(H,88,104)(H,89,96)(H,90,101)(H,105,106,107)/t42-,43-,50?,53+,55+,56+,57+,58+,59-,60+,61+,62+,63+/m1/s1. The molecule has 0 saturated carbocycles. The zero-order valence-electron chi connectivity index (χ0n) is 60.0. The molecule has 0 aliphatic carbocycles. The molecule has 0 spiro atoms. The first kappa shape index (κ1) is 85.5. The fraction of sp³-hybridized carbons (Fsp3) is 0.411. The van der Waals surface area contributed by atoms with Crippen molar-refractivity contribution < 1.29 is 81.0 Å². The van der Waals surface area contributed by atoms with Crippen molar-refractivity contribution in [1.82, 2.24) is 78.1 Å². The van der Waals surface area contributed by atoms with Gasteiger partial charge in [-0.25, -0.2) is 9.97 Å². The van der Waals surface area contributed by atoms with Crippen molar-refractivity contribution in [2.24, 2.45) is 11.5 Å². The van der Waals surface area contributed by atoms with Crippen LogP contribution in [-0.2, 0) is 101 Å². The number of hydrogen-bond acceptors (Lipinski definition) is 21. The first-order chi connectivity index (χ1) is 52.1. The van der Waals surface area contributed by atoms with Gasteiger partial charge in [0.05, 0.1) is 49.3 Å². The quantitative estimate of drug-likeness (QED) is 0.0107. The highest BCUT2D eigenvalue weighted by Crippen LogP contribution is 2.21. The molecule has 3 aromatic heterocycles. The predicted octanol–water partition coefficient (Wildman–Crippen LogP) is -2.40. The van der Waals surface area contributed by atoms with E-state index in [2.05, 4.69) is 90.7 Å². The molecule has 7 rings (SSSR count). The van der Waals surface area contributed by atoms with Crippen molar-refractivity contribution >= 4 is 98.5 Å². The van der Waals surface area contributed by atoms with Gasteiger partial charge < -0.3 is 94.9 Å². The lowest BCUT2D eigenvalue weighted by Gasteiger charge is -2.29. The number of nitrogens with zero attached hydrogens (tertiary/aromatic N) is 2. The van der Waals surface area contributed by atoms with Crippen LogP contribution in [0.25, 0.3) is 10.9 Å². The van der Waals surface area contributed by atoms with Crippen molar-refractivity contribution in [3.05, 3.63) is 180 Å². The third-order valence-electron chi connectivity index (χ3n) is 17.6. The molecule has 4 aromatic carbocycles. The number of fused-ring (bicyclic) bond motifs is 1. The van der Waals surface area contributed by atoms with Gasteiger partial charge in [0.1, 0.15) is 60.2 Å². The second-order valence-electron chi connectivity index (χ2n) is 26.3. The second kappa shape index (κ2) is 42.7. The summed E-state index contributed by atoms with van der Waals surface area (Å²) in [7, 11) is -4.78. The number of carbonyl (C=O) groups is 11. The van der Waals surface area contributed by atoms with Gasteiger partial charge in [-0.1, -0.05) is 109 Å². The minimum atomic E-state index is -4.78. The molecule has 7 aromatic rings. The zero-order valence-corrected chi connectivity index (χ0v) is 61.7. The number of rotatable bonds is 45. The first-order valence-corrected chi connectivity index (χ1v) is 37.5. The molecule has 36 heteroatoms. The van der Waals surface area contributed by atoms with E-state index in [1.54, 1.807) is 121 Å². The molecule has 0 aliphatic heterocycles. The maximum atomic E-state index is 15.3. The van der Waals surface area contributed by atoms with Crippen molar-refractivity contribution in [2.75, 3.05) is 24.7 Å². The third-order valence-corrected chi connectivity index (χ3v) is 18.6. The van der Waals surface area contributed by atoms with Crippen LogP contribution in [0, 0.1) is 0 Å². The van der Waals surface area contributed by atoms with E-state index in [0.717, 1.165) is 13.8 Å². The molecule has 109 heavy (non-hydrogen) atoms. The number of amides is 10. The number of imidazole rings is 2. The number of unbranched alkanes of at least 4 members (excludes halogenated alkanes) is 1. The van der Waals surface area contributed by atoms with Gasteiger partial charge in [-0.3, -0.25) is 57.3 Å². The van der Waals surface area contributed by atoms with Crippen LogP contribution in [-0.4, -0.2) is 221 Å². The monoisotopic (exact) mass is 1550 g/mol. The largest absolute Gasteiger partial charge is 0.394 e. The molecule has 34 nitrogen and oxygen atoms in total. The lowest BCUT2D eigenvalue weighted by molar-refractivity contribution is -0.138. The number of para-hydroxylation sites is 1. The second-order valence-corrected chi connectivity index (χ2v) is 28.3. The number of aromatic nitrogens is 5. The molecule has 0 fully saturated rings. The Bertz CT molecular complexity index is 4250. The van der Waals surface area contributed by atoms with Gasteiger partial charge in [0.15, 0.2) is 0 Å². The van der Waals surface area contributed by atoms with E-state index in [4.69, 9.17) is 11.5 Å². The van der Waals surface area contributed by atoms with Crippen molar-refractivity contribution in [3.63, 3.8) is 0 Å². The Morgan fingerprint density at radius 3 is 1.34 bits per heavy atom. The maximum Gasteiger partial charge on any atom is 0.266 e. The summed E-state index contributed by atoms with van der Waals surface area (Å²) in [5.41, 5.74) is 16.0. The van der Waals surface area contributed by atoms with E-state index in [0.29, 0.717) is 51.0 Å². The average molecular weight is 1550 g/mol. The van der Waals surface area contributed by atoms with Crippen molar-refractivity contribution in [1.29, 1.82) is 0 Å². The zero-order chi connectivity index (χ0) is 79.2. The van der Waals surface area contributed by atoms with Crippen LogP contribution in [0.3, 0.4) is 0 Å². The first-order valence-electron chi connectivity index (χ1n) is 35.3. The molecule has 1 unspecified atom stereocenters. The molecular weight excluding hydrogens is 1450 g/mol. The SMILES string of the molecule is C[C@@H](O)[C@H](NC(=O)[C@H](Cc1ccccc1)NC(=O)[C@@H](NC(=O)[C@H](CCCCN)NC(=O)[C@@H](Cc1c[nH]c2ccccc12)NC(=O)[C@H](Cc1ccccc1)NC(=O)[C@H](Cc1ccccc1)NC(=O)[C@H](Cc1cnc[nH]1)NC(=O)[C@@H](N)Cc1cnc[nH]1)[C@@H](C)O)C(=O)N[C@@H](CO)C(=O)NC(CC(=O)CCS)CS(=O)(=O)O. The molecule has 0 radical (unpaired) electrons. The Morgan fingerprint density at radius 1 is 0.486 bits per heavy atom. The lowest BCUT2D eigenvalue weighted by atomic mass is 10.00. The normalized spacial score (nSPS) is 15.0. The number of ketones is 1. The number of Topliss-reactive ketones (excluding diaryl/α,β-unsaturated/α-hetero) is 1. The number of aliphatic hydroxyl groups excluding tert-OH is 3. The number of H-pyrrole nitrogens is 3. The van der Waals surface area contributed by atoms with Crippen LogP contribution in [0.15, 0.2) is 147 Å². The van der Waals surface area contributed by atoms with E-state index >= 15 is 14.4 Å². The van der Waals surface area contributed by atoms with Gasteiger partial charge in [0, 0.05) is 92.2 Å². The number of aromatic amines is 3. The van der Waals surface area contributed by atoms with Gasteiger partial charge in [0.2, 0.25) is 59.1 Å². The van der Waals surface area contributed by atoms with Crippen LogP contribution in [0.4, 0.5) is 0 Å². The average Bonchev–Trinajstić information content (AvgIpc) is 1.74. The van der Waals surface area contributed by atoms with Gasteiger partial charge in [0.25, 0.3) is 10.1 Å². The third kappa shape index (κ3) is 27.8. The van der Waals surface area contributed by atoms with E-state index in [9.17, 15) is 66.6 Å². The van der Waals surface area contributed by atoms with Gasteiger partial charge in [-0.15, -0.1) is 0 Å². The molecule has 10 amide bonds. The van der Waals surface area contributed by atoms with E-state index < -0.39 is 172 Å². The van der Waals surface area contributed by atoms with Crippen molar-refractivity contribution in [3.8, 4) is 0 Å². The molecule has 0 aliphatic rings. The number of carbonyl (C=O) groups excluding carboxylic acids is 11. The number of hydrogen-bond donors (Lipinski definition) is 20. The number of benzene rings is 4. The fourth-order valence-corrected chi connectivity index (χ4v) is 12.8. The maximum absolute atomic E-state index is 15.3. The summed E-state index contributed by atoms with van der Waals surface area (Å²) >= 11 is 3.98. The molecule has 13 atom stereocenters. The molecule has 21 N–H and O–H groups in total. The summed E-state index contributed by atoms with van der Waals surface area (Å²) in [6, 6.07) is 15.1. The Hall–Kier alpha value is -10.7. The number of nitrogens with one attached hydrogen (secondary N) is 13. The highest BCUT2D eigenvalue weighted by Gasteiger charge is 2.39. The van der Waals surface area contributed by atoms with Crippen LogP contribution in [0.5, 0.6) is 0 Å². The van der Waals surface area contributed by atoms with Crippen LogP contribution in [0.2, 0.25) is 0 Å². The number of nitrogens with two attached hydrogens (primary N) is 2.